The maximum absolute atomic E-state index is 4.49. The van der Waals surface area contributed by atoms with Crippen molar-refractivity contribution in [3.8, 4) is 0 Å². The largest absolute Gasteiger partial charge is 0.370 e. The van der Waals surface area contributed by atoms with Crippen LogP contribution in [0.5, 0.6) is 0 Å². The van der Waals surface area contributed by atoms with Crippen LogP contribution in [-0.2, 0) is 13.6 Å². The zero-order valence-corrected chi connectivity index (χ0v) is 13.8. The van der Waals surface area contributed by atoms with E-state index in [0.29, 0.717) is 6.54 Å². The van der Waals surface area contributed by atoms with E-state index >= 15 is 0 Å². The molecule has 0 spiro atoms. The molecule has 0 fully saturated rings. The first-order valence-corrected chi connectivity index (χ1v) is 8.24. The van der Waals surface area contributed by atoms with Gasteiger partial charge in [-0.1, -0.05) is 18.7 Å². The molecule has 0 saturated heterocycles. The number of thioether (sulfide) groups is 1. The number of anilines is 2. The zero-order chi connectivity index (χ0) is 15.2. The summed E-state index contributed by atoms with van der Waals surface area (Å²) in [6.45, 7) is 5.81. The molecule has 7 heteroatoms. The SMILES string of the molecule is CCCNc1cc(NCc2cnn(C)c2C)nc(SC)n1. The van der Waals surface area contributed by atoms with Gasteiger partial charge in [-0.25, -0.2) is 9.97 Å². The molecule has 2 rings (SSSR count). The molecule has 0 aromatic carbocycles. The van der Waals surface area contributed by atoms with E-state index in [9.17, 15) is 0 Å². The first kappa shape index (κ1) is 15.6. The van der Waals surface area contributed by atoms with E-state index in [0.717, 1.165) is 35.5 Å². The summed E-state index contributed by atoms with van der Waals surface area (Å²) in [7, 11) is 1.95. The third-order valence-electron chi connectivity index (χ3n) is 3.24. The van der Waals surface area contributed by atoms with Gasteiger partial charge in [0.05, 0.1) is 6.20 Å². The third-order valence-corrected chi connectivity index (χ3v) is 3.79. The van der Waals surface area contributed by atoms with Crippen molar-refractivity contribution in [1.29, 1.82) is 0 Å². The maximum atomic E-state index is 4.49. The molecule has 0 amide bonds. The van der Waals surface area contributed by atoms with Gasteiger partial charge < -0.3 is 10.6 Å². The van der Waals surface area contributed by atoms with Crippen molar-refractivity contribution in [3.05, 3.63) is 23.5 Å². The molecular formula is C14H22N6S. The zero-order valence-electron chi connectivity index (χ0n) is 13.0. The number of nitrogens with one attached hydrogen (secondary N) is 2. The Balaban J connectivity index is 2.09. The van der Waals surface area contributed by atoms with Crippen molar-refractivity contribution in [2.75, 3.05) is 23.4 Å². The van der Waals surface area contributed by atoms with Gasteiger partial charge in [0.25, 0.3) is 0 Å². The summed E-state index contributed by atoms with van der Waals surface area (Å²) in [4.78, 5) is 8.94. The Morgan fingerprint density at radius 1 is 1.24 bits per heavy atom. The molecule has 0 aliphatic rings. The smallest absolute Gasteiger partial charge is 0.191 e. The van der Waals surface area contributed by atoms with Crippen molar-refractivity contribution in [1.82, 2.24) is 19.7 Å². The molecule has 0 aliphatic carbocycles. The second kappa shape index (κ2) is 7.31. The maximum Gasteiger partial charge on any atom is 0.191 e. The summed E-state index contributed by atoms with van der Waals surface area (Å²) >= 11 is 1.54. The van der Waals surface area contributed by atoms with Crippen LogP contribution in [0.2, 0.25) is 0 Å². The lowest BCUT2D eigenvalue weighted by Gasteiger charge is -2.10. The summed E-state index contributed by atoms with van der Waals surface area (Å²) in [6.07, 6.45) is 4.93. The van der Waals surface area contributed by atoms with Crippen LogP contribution in [0.15, 0.2) is 17.4 Å². The quantitative estimate of drug-likeness (QED) is 0.605. The normalized spacial score (nSPS) is 10.7. The van der Waals surface area contributed by atoms with E-state index in [1.807, 2.05) is 30.2 Å². The average molecular weight is 306 g/mol. The molecule has 0 atom stereocenters. The summed E-state index contributed by atoms with van der Waals surface area (Å²) < 4.78 is 1.87. The second-order valence-corrected chi connectivity index (χ2v) is 5.56. The number of hydrogen-bond acceptors (Lipinski definition) is 6. The molecule has 0 aliphatic heterocycles. The van der Waals surface area contributed by atoms with E-state index in [-0.39, 0.29) is 0 Å². The van der Waals surface area contributed by atoms with Gasteiger partial charge in [0.1, 0.15) is 11.6 Å². The summed E-state index contributed by atoms with van der Waals surface area (Å²) in [5.74, 6) is 1.69. The average Bonchev–Trinajstić information content (AvgIpc) is 2.82. The van der Waals surface area contributed by atoms with E-state index in [1.54, 1.807) is 11.8 Å². The first-order valence-electron chi connectivity index (χ1n) is 7.02. The first-order chi connectivity index (χ1) is 10.1. The predicted octanol–water partition coefficient (Wildman–Crippen LogP) is 2.67. The van der Waals surface area contributed by atoms with Gasteiger partial charge in [0, 0.05) is 37.5 Å². The fourth-order valence-corrected chi connectivity index (χ4v) is 2.23. The minimum Gasteiger partial charge on any atom is -0.370 e. The fraction of sp³-hybridized carbons (Fsp3) is 0.500. The fourth-order valence-electron chi connectivity index (χ4n) is 1.85. The Labute approximate surface area is 129 Å². The minimum absolute atomic E-state index is 0.706. The van der Waals surface area contributed by atoms with E-state index in [2.05, 4.69) is 39.5 Å². The number of nitrogens with zero attached hydrogens (tertiary/aromatic N) is 4. The third kappa shape index (κ3) is 4.10. The highest BCUT2D eigenvalue weighted by molar-refractivity contribution is 7.98. The Bertz CT molecular complexity index is 595. The van der Waals surface area contributed by atoms with E-state index in [1.165, 1.54) is 5.56 Å². The van der Waals surface area contributed by atoms with Crippen molar-refractivity contribution in [2.24, 2.45) is 7.05 Å². The molecule has 0 unspecified atom stereocenters. The van der Waals surface area contributed by atoms with Crippen LogP contribution in [0.1, 0.15) is 24.6 Å². The standard InChI is InChI=1S/C14H22N6S/c1-5-6-15-12-7-13(19-14(18-12)21-4)16-8-11-9-17-20(3)10(11)2/h7,9H,5-6,8H2,1-4H3,(H2,15,16,18,19). The van der Waals surface area contributed by atoms with E-state index in [4.69, 9.17) is 0 Å². The Hall–Kier alpha value is -1.76. The van der Waals surface area contributed by atoms with Crippen molar-refractivity contribution in [2.45, 2.75) is 32.0 Å². The number of hydrogen-bond donors (Lipinski definition) is 2. The summed E-state index contributed by atoms with van der Waals surface area (Å²) in [5.41, 5.74) is 2.33. The highest BCUT2D eigenvalue weighted by Crippen LogP contribution is 2.18. The van der Waals surface area contributed by atoms with Crippen molar-refractivity contribution in [3.63, 3.8) is 0 Å². The van der Waals surface area contributed by atoms with Crippen LogP contribution in [0, 0.1) is 6.92 Å². The number of aryl methyl sites for hydroxylation is 1. The van der Waals surface area contributed by atoms with Crippen LogP contribution in [0.25, 0.3) is 0 Å². The van der Waals surface area contributed by atoms with Gasteiger partial charge in [0.2, 0.25) is 0 Å². The monoisotopic (exact) mass is 306 g/mol. The lowest BCUT2D eigenvalue weighted by Crippen LogP contribution is -2.07. The van der Waals surface area contributed by atoms with Crippen LogP contribution in [0.4, 0.5) is 11.6 Å². The van der Waals surface area contributed by atoms with Gasteiger partial charge in [-0.3, -0.25) is 4.68 Å². The molecule has 0 bridgehead atoms. The molecule has 2 N–H and O–H groups in total. The van der Waals surface area contributed by atoms with Crippen LogP contribution < -0.4 is 10.6 Å². The van der Waals surface area contributed by atoms with Gasteiger partial charge >= 0.3 is 0 Å². The van der Waals surface area contributed by atoms with Crippen molar-refractivity contribution >= 4 is 23.4 Å². The van der Waals surface area contributed by atoms with Crippen molar-refractivity contribution < 1.29 is 0 Å². The molecule has 2 aromatic heterocycles. The molecule has 2 aromatic rings. The predicted molar refractivity (Wildman–Crippen MR) is 87.9 cm³/mol. The molecular weight excluding hydrogens is 284 g/mol. The topological polar surface area (TPSA) is 67.7 Å². The lowest BCUT2D eigenvalue weighted by molar-refractivity contribution is 0.738. The number of rotatable bonds is 7. The highest BCUT2D eigenvalue weighted by atomic mass is 32.2. The highest BCUT2D eigenvalue weighted by Gasteiger charge is 2.06. The second-order valence-electron chi connectivity index (χ2n) is 4.78. The summed E-state index contributed by atoms with van der Waals surface area (Å²) in [6, 6.07) is 1.95. The Morgan fingerprint density at radius 3 is 2.52 bits per heavy atom. The number of aromatic nitrogens is 4. The lowest BCUT2D eigenvalue weighted by atomic mass is 10.2. The molecule has 114 valence electrons. The Morgan fingerprint density at radius 2 is 1.95 bits per heavy atom. The van der Waals surface area contributed by atoms with Crippen LogP contribution in [-0.4, -0.2) is 32.5 Å². The molecule has 21 heavy (non-hydrogen) atoms. The molecule has 2 heterocycles. The van der Waals surface area contributed by atoms with Gasteiger partial charge in [-0.15, -0.1) is 0 Å². The van der Waals surface area contributed by atoms with Crippen LogP contribution in [0.3, 0.4) is 0 Å². The summed E-state index contributed by atoms with van der Waals surface area (Å²) in [5, 5.41) is 11.7. The molecule has 0 radical (unpaired) electrons. The van der Waals surface area contributed by atoms with Gasteiger partial charge in [-0.2, -0.15) is 5.10 Å². The van der Waals surface area contributed by atoms with Gasteiger partial charge in [0.15, 0.2) is 5.16 Å². The van der Waals surface area contributed by atoms with Crippen LogP contribution >= 0.6 is 11.8 Å². The minimum atomic E-state index is 0.706. The van der Waals surface area contributed by atoms with E-state index < -0.39 is 0 Å². The van der Waals surface area contributed by atoms with Gasteiger partial charge in [-0.05, 0) is 19.6 Å². The molecule has 6 nitrogen and oxygen atoms in total. The molecule has 0 saturated carbocycles. The Kier molecular flexibility index (Phi) is 5.44.